The van der Waals surface area contributed by atoms with Crippen LogP contribution < -0.4 is 5.32 Å². The van der Waals surface area contributed by atoms with Crippen molar-refractivity contribution in [3.63, 3.8) is 0 Å². The predicted octanol–water partition coefficient (Wildman–Crippen LogP) is 4.91. The Labute approximate surface area is 157 Å². The van der Waals surface area contributed by atoms with Crippen LogP contribution in [0, 0.1) is 0 Å². The molecule has 0 aliphatic heterocycles. The summed E-state index contributed by atoms with van der Waals surface area (Å²) in [4.78, 5) is 16.5. The van der Waals surface area contributed by atoms with Crippen LogP contribution in [0.15, 0.2) is 53.1 Å². The molecule has 26 heavy (non-hydrogen) atoms. The first-order valence-corrected chi connectivity index (χ1v) is 9.00. The topological polar surface area (TPSA) is 68.0 Å². The quantitative estimate of drug-likeness (QED) is 0.642. The summed E-state index contributed by atoms with van der Waals surface area (Å²) < 4.78 is 5.26. The van der Waals surface area contributed by atoms with Crippen molar-refractivity contribution >= 4 is 23.2 Å². The summed E-state index contributed by atoms with van der Waals surface area (Å²) in [6.07, 6.45) is 2.48. The van der Waals surface area contributed by atoms with Gasteiger partial charge in [-0.25, -0.2) is 0 Å². The fraction of sp³-hybridized carbons (Fsp3) is 0.250. The molecule has 0 atom stereocenters. The summed E-state index contributed by atoms with van der Waals surface area (Å²) in [6.45, 7) is 2.07. The minimum Gasteiger partial charge on any atom is -0.339 e. The second-order valence-corrected chi connectivity index (χ2v) is 6.37. The molecule has 0 aliphatic rings. The number of nitrogens with one attached hydrogen (secondary N) is 1. The standard InChI is InChI=1S/C20H20ClN3O2/c1-2-14-6-3-4-7-17(14)22-18(25)8-5-9-19-23-20(24-26-19)15-10-12-16(21)13-11-15/h3-4,6-7,10-13H,2,5,8-9H2,1H3,(H,22,25). The van der Waals surface area contributed by atoms with E-state index in [2.05, 4.69) is 22.4 Å². The van der Waals surface area contributed by atoms with Crippen molar-refractivity contribution in [1.82, 2.24) is 10.1 Å². The molecular formula is C20H20ClN3O2. The number of hydrogen-bond donors (Lipinski definition) is 1. The average molecular weight is 370 g/mol. The number of benzene rings is 2. The molecule has 0 bridgehead atoms. The summed E-state index contributed by atoms with van der Waals surface area (Å²) in [5, 5.41) is 7.60. The van der Waals surface area contributed by atoms with Crippen molar-refractivity contribution in [1.29, 1.82) is 0 Å². The molecule has 3 aromatic rings. The molecule has 0 fully saturated rings. The van der Waals surface area contributed by atoms with Crippen LogP contribution in [-0.2, 0) is 17.6 Å². The van der Waals surface area contributed by atoms with Crippen molar-refractivity contribution in [2.45, 2.75) is 32.6 Å². The Bertz CT molecular complexity index is 875. The molecule has 3 rings (SSSR count). The summed E-state index contributed by atoms with van der Waals surface area (Å²) in [6, 6.07) is 15.1. The molecule has 5 nitrogen and oxygen atoms in total. The smallest absolute Gasteiger partial charge is 0.226 e. The van der Waals surface area contributed by atoms with Crippen molar-refractivity contribution in [2.75, 3.05) is 5.32 Å². The number of carbonyl (C=O) groups is 1. The Morgan fingerprint density at radius 1 is 1.15 bits per heavy atom. The third-order valence-electron chi connectivity index (χ3n) is 4.04. The maximum absolute atomic E-state index is 12.1. The Kier molecular flexibility index (Phi) is 6.02. The van der Waals surface area contributed by atoms with E-state index in [-0.39, 0.29) is 5.91 Å². The number of halogens is 1. The largest absolute Gasteiger partial charge is 0.339 e. The zero-order valence-corrected chi connectivity index (χ0v) is 15.3. The van der Waals surface area contributed by atoms with E-state index < -0.39 is 0 Å². The third kappa shape index (κ3) is 4.70. The van der Waals surface area contributed by atoms with Crippen LogP contribution in [-0.4, -0.2) is 16.0 Å². The molecule has 0 unspecified atom stereocenters. The molecule has 0 aliphatic carbocycles. The van der Waals surface area contributed by atoms with E-state index in [0.717, 1.165) is 23.2 Å². The molecule has 6 heteroatoms. The minimum absolute atomic E-state index is 0.0108. The van der Waals surface area contributed by atoms with E-state index in [1.807, 2.05) is 36.4 Å². The van der Waals surface area contributed by atoms with Gasteiger partial charge in [0.15, 0.2) is 0 Å². The Morgan fingerprint density at radius 2 is 1.92 bits per heavy atom. The van der Waals surface area contributed by atoms with Crippen LogP contribution in [0.1, 0.15) is 31.2 Å². The normalized spacial score (nSPS) is 10.7. The SMILES string of the molecule is CCc1ccccc1NC(=O)CCCc1nc(-c2ccc(Cl)cc2)no1. The number of aryl methyl sites for hydroxylation is 2. The van der Waals surface area contributed by atoms with Gasteiger partial charge < -0.3 is 9.84 Å². The van der Waals surface area contributed by atoms with Gasteiger partial charge in [0.2, 0.25) is 17.6 Å². The molecule has 2 aromatic carbocycles. The van der Waals surface area contributed by atoms with Gasteiger partial charge in [0, 0.05) is 29.1 Å². The van der Waals surface area contributed by atoms with E-state index >= 15 is 0 Å². The number of hydrogen-bond acceptors (Lipinski definition) is 4. The van der Waals surface area contributed by atoms with E-state index in [4.69, 9.17) is 16.1 Å². The maximum Gasteiger partial charge on any atom is 0.226 e. The van der Waals surface area contributed by atoms with E-state index in [9.17, 15) is 4.79 Å². The predicted molar refractivity (Wildman–Crippen MR) is 102 cm³/mol. The second kappa shape index (κ2) is 8.63. The molecule has 1 heterocycles. The van der Waals surface area contributed by atoms with Crippen LogP contribution in [0.5, 0.6) is 0 Å². The molecule has 0 radical (unpaired) electrons. The first kappa shape index (κ1) is 18.1. The average Bonchev–Trinajstić information content (AvgIpc) is 3.11. The number of aromatic nitrogens is 2. The zero-order chi connectivity index (χ0) is 18.4. The first-order chi connectivity index (χ1) is 12.7. The fourth-order valence-electron chi connectivity index (χ4n) is 2.64. The molecule has 1 amide bonds. The number of anilines is 1. The lowest BCUT2D eigenvalue weighted by Gasteiger charge is -2.09. The number of carbonyl (C=O) groups excluding carboxylic acids is 1. The molecule has 134 valence electrons. The van der Waals surface area contributed by atoms with Gasteiger partial charge in [-0.1, -0.05) is 41.9 Å². The highest BCUT2D eigenvalue weighted by Crippen LogP contribution is 2.19. The Morgan fingerprint density at radius 3 is 2.69 bits per heavy atom. The number of rotatable bonds is 7. The third-order valence-corrected chi connectivity index (χ3v) is 4.29. The van der Waals surface area contributed by atoms with Gasteiger partial charge >= 0.3 is 0 Å². The van der Waals surface area contributed by atoms with Crippen molar-refractivity contribution in [3.05, 3.63) is 65.0 Å². The maximum atomic E-state index is 12.1. The number of para-hydroxylation sites is 1. The highest BCUT2D eigenvalue weighted by atomic mass is 35.5. The zero-order valence-electron chi connectivity index (χ0n) is 14.5. The summed E-state index contributed by atoms with van der Waals surface area (Å²) >= 11 is 5.88. The lowest BCUT2D eigenvalue weighted by molar-refractivity contribution is -0.116. The molecule has 0 saturated heterocycles. The van der Waals surface area contributed by atoms with Crippen LogP contribution >= 0.6 is 11.6 Å². The molecular weight excluding hydrogens is 350 g/mol. The Balaban J connectivity index is 1.50. The monoisotopic (exact) mass is 369 g/mol. The lowest BCUT2D eigenvalue weighted by Crippen LogP contribution is -2.12. The summed E-state index contributed by atoms with van der Waals surface area (Å²) in [5.74, 6) is 1.04. The van der Waals surface area contributed by atoms with Gasteiger partial charge in [0.25, 0.3) is 0 Å². The first-order valence-electron chi connectivity index (χ1n) is 8.62. The van der Waals surface area contributed by atoms with Gasteiger partial charge in [0.1, 0.15) is 0 Å². The molecule has 1 aromatic heterocycles. The highest BCUT2D eigenvalue weighted by molar-refractivity contribution is 6.30. The van der Waals surface area contributed by atoms with Gasteiger partial charge in [-0.15, -0.1) is 0 Å². The number of amides is 1. The van der Waals surface area contributed by atoms with E-state index in [1.165, 1.54) is 0 Å². The fourth-order valence-corrected chi connectivity index (χ4v) is 2.76. The van der Waals surface area contributed by atoms with Gasteiger partial charge in [0.05, 0.1) is 0 Å². The molecule has 1 N–H and O–H groups in total. The van der Waals surface area contributed by atoms with Gasteiger partial charge in [-0.3, -0.25) is 4.79 Å². The van der Waals surface area contributed by atoms with E-state index in [1.54, 1.807) is 12.1 Å². The van der Waals surface area contributed by atoms with Gasteiger partial charge in [-0.2, -0.15) is 4.98 Å². The Hall–Kier alpha value is -2.66. The van der Waals surface area contributed by atoms with Crippen LogP contribution in [0.3, 0.4) is 0 Å². The van der Waals surface area contributed by atoms with Crippen molar-refractivity contribution in [2.24, 2.45) is 0 Å². The summed E-state index contributed by atoms with van der Waals surface area (Å²) in [5.41, 5.74) is 2.85. The van der Waals surface area contributed by atoms with Crippen LogP contribution in [0.4, 0.5) is 5.69 Å². The minimum atomic E-state index is -0.0108. The molecule has 0 spiro atoms. The van der Waals surface area contributed by atoms with E-state index in [0.29, 0.717) is 36.0 Å². The van der Waals surface area contributed by atoms with Gasteiger partial charge in [-0.05, 0) is 48.7 Å². The molecule has 0 saturated carbocycles. The second-order valence-electron chi connectivity index (χ2n) is 5.93. The number of nitrogens with zero attached hydrogens (tertiary/aromatic N) is 2. The highest BCUT2D eigenvalue weighted by Gasteiger charge is 2.10. The van der Waals surface area contributed by atoms with Crippen LogP contribution in [0.25, 0.3) is 11.4 Å². The lowest BCUT2D eigenvalue weighted by atomic mass is 10.1. The van der Waals surface area contributed by atoms with Crippen LogP contribution in [0.2, 0.25) is 5.02 Å². The summed E-state index contributed by atoms with van der Waals surface area (Å²) in [7, 11) is 0. The van der Waals surface area contributed by atoms with Crippen molar-refractivity contribution < 1.29 is 9.32 Å². The van der Waals surface area contributed by atoms with Crippen molar-refractivity contribution in [3.8, 4) is 11.4 Å².